The highest BCUT2D eigenvalue weighted by Gasteiger charge is 2.47. The molecule has 1 fully saturated rings. The summed E-state index contributed by atoms with van der Waals surface area (Å²) in [6.07, 6.45) is 3.34. The van der Waals surface area contributed by atoms with Gasteiger partial charge in [-0.1, -0.05) is 81.4 Å². The average molecular weight is 372 g/mol. The normalized spacial score (nSPS) is 21.4. The molecule has 3 aromatic rings. The topological polar surface area (TPSA) is 3.24 Å². The summed E-state index contributed by atoms with van der Waals surface area (Å²) in [6, 6.07) is 22.6. The number of para-hydroxylation sites is 1. The van der Waals surface area contributed by atoms with Crippen LogP contribution in [-0.4, -0.2) is 12.1 Å². The molecule has 1 atom stereocenters. The van der Waals surface area contributed by atoms with Gasteiger partial charge in [-0.3, -0.25) is 0 Å². The summed E-state index contributed by atoms with van der Waals surface area (Å²) in [5.41, 5.74) is 6.20. The predicted octanol–water partition coefficient (Wildman–Crippen LogP) is 6.91. The number of hydrogen-bond donors (Lipinski definition) is 0. The Labute approximate surface area is 170 Å². The van der Waals surface area contributed by atoms with Crippen molar-refractivity contribution in [2.45, 2.75) is 64.8 Å². The minimum Gasteiger partial charge on any atom is -0.365 e. The molecule has 146 valence electrons. The molecule has 0 aliphatic carbocycles. The van der Waals surface area contributed by atoms with Crippen LogP contribution < -0.4 is 4.90 Å². The zero-order valence-electron chi connectivity index (χ0n) is 18.0. The first-order valence-corrected chi connectivity index (χ1v) is 10.8. The van der Waals surface area contributed by atoms with E-state index in [1.54, 1.807) is 0 Å². The lowest BCUT2D eigenvalue weighted by atomic mass is 9.77. The molecule has 1 aliphatic heterocycles. The second-order valence-corrected chi connectivity index (χ2v) is 9.33. The van der Waals surface area contributed by atoms with Crippen molar-refractivity contribution in [3.8, 4) is 0 Å². The van der Waals surface area contributed by atoms with Gasteiger partial charge in [0, 0.05) is 23.2 Å². The van der Waals surface area contributed by atoms with Crippen LogP contribution in [-0.2, 0) is 18.3 Å². The Hall–Kier alpha value is -2.28. The van der Waals surface area contributed by atoms with E-state index in [-0.39, 0.29) is 11.0 Å². The van der Waals surface area contributed by atoms with Crippen molar-refractivity contribution in [3.05, 3.63) is 77.4 Å². The molecule has 1 saturated heterocycles. The maximum Gasteiger partial charge on any atom is 0.0435 e. The number of fused-ring (bicyclic) bond motifs is 1. The summed E-state index contributed by atoms with van der Waals surface area (Å²) in [7, 11) is 0. The first kappa shape index (κ1) is 19.1. The van der Waals surface area contributed by atoms with Crippen molar-refractivity contribution in [2.24, 2.45) is 0 Å². The molecule has 0 bridgehead atoms. The Morgan fingerprint density at radius 2 is 1.43 bits per heavy atom. The molecule has 1 unspecified atom stereocenters. The quantitative estimate of drug-likeness (QED) is 0.481. The van der Waals surface area contributed by atoms with Crippen molar-refractivity contribution < 1.29 is 0 Å². The van der Waals surface area contributed by atoms with E-state index in [2.05, 4.69) is 100 Å². The molecule has 1 heteroatoms. The highest BCUT2D eigenvalue weighted by atomic mass is 15.2. The third-order valence-electron chi connectivity index (χ3n) is 6.74. The smallest absolute Gasteiger partial charge is 0.0435 e. The van der Waals surface area contributed by atoms with Crippen LogP contribution in [0.5, 0.6) is 0 Å². The largest absolute Gasteiger partial charge is 0.365 e. The molecule has 3 aromatic carbocycles. The third kappa shape index (κ3) is 3.11. The second kappa shape index (κ2) is 6.95. The van der Waals surface area contributed by atoms with Crippen LogP contribution in [0.2, 0.25) is 0 Å². The van der Waals surface area contributed by atoms with Crippen LogP contribution in [0.1, 0.15) is 57.7 Å². The summed E-state index contributed by atoms with van der Waals surface area (Å²) in [4.78, 5) is 2.71. The molecule has 4 rings (SSSR count). The molecule has 0 saturated carbocycles. The fourth-order valence-corrected chi connectivity index (χ4v) is 5.37. The van der Waals surface area contributed by atoms with Gasteiger partial charge in [0.1, 0.15) is 0 Å². The van der Waals surface area contributed by atoms with Gasteiger partial charge in [0.25, 0.3) is 0 Å². The number of aryl methyl sites for hydroxylation is 2. The Kier molecular flexibility index (Phi) is 4.73. The molecule has 0 N–H and O–H groups in total. The van der Waals surface area contributed by atoms with Crippen LogP contribution in [0.25, 0.3) is 10.8 Å². The Balaban J connectivity index is 1.79. The van der Waals surface area contributed by atoms with E-state index in [0.717, 1.165) is 19.4 Å². The molecule has 1 nitrogen and oxygen atoms in total. The Bertz CT molecular complexity index is 978. The summed E-state index contributed by atoms with van der Waals surface area (Å²) in [5.74, 6) is 0. The van der Waals surface area contributed by atoms with Crippen molar-refractivity contribution in [1.29, 1.82) is 0 Å². The van der Waals surface area contributed by atoms with Crippen LogP contribution >= 0.6 is 0 Å². The van der Waals surface area contributed by atoms with Gasteiger partial charge in [-0.15, -0.1) is 0 Å². The maximum absolute atomic E-state index is 2.71. The molecular weight excluding hydrogens is 338 g/mol. The third-order valence-corrected chi connectivity index (χ3v) is 6.74. The molecule has 0 radical (unpaired) electrons. The molecule has 1 heterocycles. The lowest BCUT2D eigenvalue weighted by Crippen LogP contribution is -2.39. The van der Waals surface area contributed by atoms with Gasteiger partial charge >= 0.3 is 0 Å². The molecule has 0 spiro atoms. The van der Waals surface area contributed by atoms with Crippen LogP contribution in [0.15, 0.2) is 60.7 Å². The summed E-state index contributed by atoms with van der Waals surface area (Å²) >= 11 is 0. The maximum atomic E-state index is 2.71. The first-order chi connectivity index (χ1) is 13.4. The van der Waals surface area contributed by atoms with Crippen molar-refractivity contribution in [3.63, 3.8) is 0 Å². The van der Waals surface area contributed by atoms with E-state index in [9.17, 15) is 0 Å². The molecule has 28 heavy (non-hydrogen) atoms. The number of hydrogen-bond acceptors (Lipinski definition) is 1. The van der Waals surface area contributed by atoms with Gasteiger partial charge in [0.15, 0.2) is 0 Å². The molecule has 1 aliphatic rings. The van der Waals surface area contributed by atoms with E-state index >= 15 is 0 Å². The van der Waals surface area contributed by atoms with Gasteiger partial charge in [0.05, 0.1) is 0 Å². The van der Waals surface area contributed by atoms with Crippen LogP contribution in [0, 0.1) is 0 Å². The van der Waals surface area contributed by atoms with E-state index in [1.807, 2.05) is 0 Å². The standard InChI is InChI=1S/C27H33N/c1-6-20-13-10-14-21(7-2)25(20)28-19-27(5,18-26(28,3)4)24-16-15-22-11-8-9-12-23(22)17-24/h8-17H,6-7,18-19H2,1-5H3. The highest BCUT2D eigenvalue weighted by Crippen LogP contribution is 2.47. The average Bonchev–Trinajstić information content (AvgIpc) is 2.96. The molecule has 0 aromatic heterocycles. The Morgan fingerprint density at radius 3 is 2.07 bits per heavy atom. The monoisotopic (exact) mass is 371 g/mol. The fraction of sp³-hybridized carbons (Fsp3) is 0.407. The summed E-state index contributed by atoms with van der Waals surface area (Å²) in [6.45, 7) is 12.9. The number of anilines is 1. The Morgan fingerprint density at radius 1 is 0.786 bits per heavy atom. The van der Waals surface area contributed by atoms with Crippen LogP contribution in [0.4, 0.5) is 5.69 Å². The minimum atomic E-state index is 0.135. The number of nitrogens with zero attached hydrogens (tertiary/aromatic N) is 1. The van der Waals surface area contributed by atoms with Crippen molar-refractivity contribution in [2.75, 3.05) is 11.4 Å². The van der Waals surface area contributed by atoms with Crippen LogP contribution in [0.3, 0.4) is 0 Å². The van der Waals surface area contributed by atoms with Gasteiger partial charge < -0.3 is 4.90 Å². The lowest BCUT2D eigenvalue weighted by molar-refractivity contribution is 0.445. The van der Waals surface area contributed by atoms with Gasteiger partial charge in [0.2, 0.25) is 0 Å². The molecule has 0 amide bonds. The zero-order chi connectivity index (χ0) is 19.9. The molecular formula is C27H33N. The first-order valence-electron chi connectivity index (χ1n) is 10.8. The van der Waals surface area contributed by atoms with E-state index < -0.39 is 0 Å². The van der Waals surface area contributed by atoms with Gasteiger partial charge in [-0.25, -0.2) is 0 Å². The zero-order valence-corrected chi connectivity index (χ0v) is 18.0. The summed E-state index contributed by atoms with van der Waals surface area (Å²) in [5, 5.41) is 2.68. The highest BCUT2D eigenvalue weighted by molar-refractivity contribution is 5.83. The van der Waals surface area contributed by atoms with E-state index in [1.165, 1.54) is 39.6 Å². The van der Waals surface area contributed by atoms with Crippen molar-refractivity contribution in [1.82, 2.24) is 0 Å². The minimum absolute atomic E-state index is 0.135. The summed E-state index contributed by atoms with van der Waals surface area (Å²) < 4.78 is 0. The fourth-order valence-electron chi connectivity index (χ4n) is 5.37. The van der Waals surface area contributed by atoms with Gasteiger partial charge in [-0.05, 0) is 60.6 Å². The number of benzene rings is 3. The van der Waals surface area contributed by atoms with Crippen molar-refractivity contribution >= 4 is 16.5 Å². The van der Waals surface area contributed by atoms with Gasteiger partial charge in [-0.2, -0.15) is 0 Å². The SMILES string of the molecule is CCc1cccc(CC)c1N1CC(C)(c2ccc3ccccc3c2)CC1(C)C. The second-order valence-electron chi connectivity index (χ2n) is 9.33. The predicted molar refractivity (Wildman–Crippen MR) is 123 cm³/mol. The lowest BCUT2D eigenvalue weighted by Gasteiger charge is -2.36. The number of rotatable bonds is 4. The van der Waals surface area contributed by atoms with E-state index in [0.29, 0.717) is 0 Å². The van der Waals surface area contributed by atoms with E-state index in [4.69, 9.17) is 0 Å².